The van der Waals surface area contributed by atoms with Gasteiger partial charge < -0.3 is 5.32 Å². The van der Waals surface area contributed by atoms with Gasteiger partial charge in [-0.3, -0.25) is 14.9 Å². The molecule has 2 rings (SSSR count). The summed E-state index contributed by atoms with van der Waals surface area (Å²) in [4.78, 5) is 29.6. The van der Waals surface area contributed by atoms with Crippen LogP contribution in [0.3, 0.4) is 0 Å². The summed E-state index contributed by atoms with van der Waals surface area (Å²) in [6.45, 7) is 0. The molecule has 0 radical (unpaired) electrons. The van der Waals surface area contributed by atoms with E-state index in [2.05, 4.69) is 15.3 Å². The Kier molecular flexibility index (Phi) is 4.56. The normalized spacial score (nSPS) is 10.2. The molecule has 0 spiro atoms. The Morgan fingerprint density at radius 1 is 1.29 bits per heavy atom. The van der Waals surface area contributed by atoms with Gasteiger partial charge in [-0.15, -0.1) is 0 Å². The van der Waals surface area contributed by atoms with Gasteiger partial charge in [0, 0.05) is 17.8 Å². The minimum absolute atomic E-state index is 0.0363. The zero-order chi connectivity index (χ0) is 15.6. The average Bonchev–Trinajstić information content (AvgIpc) is 2.41. The Labute approximate surface area is 133 Å². The van der Waals surface area contributed by atoms with Gasteiger partial charge >= 0.3 is 0 Å². The number of anilines is 1. The Morgan fingerprint density at radius 2 is 2.00 bits per heavy atom. The minimum atomic E-state index is -0.730. The maximum absolute atomic E-state index is 12.0. The van der Waals surface area contributed by atoms with Crippen molar-refractivity contribution in [1.29, 1.82) is 0 Å². The van der Waals surface area contributed by atoms with E-state index in [1.807, 2.05) is 0 Å². The topological polar surface area (TPSA) is 98.0 Å². The Bertz CT molecular complexity index is 739. The highest BCUT2D eigenvalue weighted by Gasteiger charge is 2.20. The third-order valence-corrected chi connectivity index (χ3v) is 3.31. The van der Waals surface area contributed by atoms with Crippen LogP contribution in [0.15, 0.2) is 24.4 Å². The van der Waals surface area contributed by atoms with Gasteiger partial charge in [0.15, 0.2) is 0 Å². The SMILES string of the molecule is O=C(Nc1ccnc(Cl)n1)c1cc(Cl)c(Cl)c([N+](=O)[O-])c1. The Morgan fingerprint density at radius 3 is 2.62 bits per heavy atom. The Hall–Kier alpha value is -1.96. The first-order valence-corrected chi connectivity index (χ1v) is 6.45. The predicted octanol–water partition coefficient (Wildman–Crippen LogP) is 3.60. The molecule has 7 nitrogen and oxygen atoms in total. The standard InChI is InChI=1S/C11H5Cl3N4O3/c12-6-3-5(4-7(9(6)13)18(20)21)10(19)16-8-1-2-15-11(14)17-8/h1-4H,(H,15,16,17,19). The number of nitro benzene ring substituents is 1. The van der Waals surface area contributed by atoms with E-state index < -0.39 is 16.5 Å². The van der Waals surface area contributed by atoms with Crippen LogP contribution in [0, 0.1) is 10.1 Å². The van der Waals surface area contributed by atoms with Gasteiger partial charge in [0.05, 0.1) is 9.95 Å². The third kappa shape index (κ3) is 3.57. The molecular weight excluding hydrogens is 343 g/mol. The highest BCUT2D eigenvalue weighted by atomic mass is 35.5. The van der Waals surface area contributed by atoms with Crippen molar-refractivity contribution in [2.24, 2.45) is 0 Å². The van der Waals surface area contributed by atoms with E-state index in [1.165, 1.54) is 18.3 Å². The van der Waals surface area contributed by atoms with E-state index in [4.69, 9.17) is 34.8 Å². The number of carbonyl (C=O) groups excluding carboxylic acids is 1. The van der Waals surface area contributed by atoms with Gasteiger partial charge in [-0.05, 0) is 23.7 Å². The first-order valence-electron chi connectivity index (χ1n) is 5.32. The summed E-state index contributed by atoms with van der Waals surface area (Å²) in [5, 5.41) is 12.9. The van der Waals surface area contributed by atoms with Crippen molar-refractivity contribution >= 4 is 52.2 Å². The van der Waals surface area contributed by atoms with Crippen molar-refractivity contribution in [3.05, 3.63) is 55.4 Å². The fourth-order valence-electron chi connectivity index (χ4n) is 1.43. The number of benzene rings is 1. The van der Waals surface area contributed by atoms with Crippen molar-refractivity contribution in [3.63, 3.8) is 0 Å². The Balaban J connectivity index is 2.33. The molecule has 1 N–H and O–H groups in total. The molecular formula is C11H5Cl3N4O3. The van der Waals surface area contributed by atoms with Gasteiger partial charge in [-0.25, -0.2) is 9.97 Å². The second-order valence-corrected chi connectivity index (χ2v) is 4.84. The number of aromatic nitrogens is 2. The lowest BCUT2D eigenvalue weighted by molar-refractivity contribution is -0.384. The summed E-state index contributed by atoms with van der Waals surface area (Å²) in [6, 6.07) is 3.65. The van der Waals surface area contributed by atoms with Crippen molar-refractivity contribution < 1.29 is 9.72 Å². The first kappa shape index (κ1) is 15.4. The summed E-state index contributed by atoms with van der Waals surface area (Å²) >= 11 is 17.1. The van der Waals surface area contributed by atoms with Gasteiger partial charge in [-0.1, -0.05) is 23.2 Å². The molecule has 0 aliphatic rings. The van der Waals surface area contributed by atoms with Gasteiger partial charge in [0.2, 0.25) is 5.28 Å². The fraction of sp³-hybridized carbons (Fsp3) is 0. The third-order valence-electron chi connectivity index (χ3n) is 2.34. The number of hydrogen-bond donors (Lipinski definition) is 1. The van der Waals surface area contributed by atoms with Crippen LogP contribution in [0.5, 0.6) is 0 Å². The molecule has 2 aromatic rings. The van der Waals surface area contributed by atoms with Crippen LogP contribution in [0.2, 0.25) is 15.3 Å². The lowest BCUT2D eigenvalue weighted by Crippen LogP contribution is -2.13. The zero-order valence-electron chi connectivity index (χ0n) is 10.0. The molecule has 1 aromatic carbocycles. The molecule has 0 fully saturated rings. The summed E-state index contributed by atoms with van der Waals surface area (Å²) in [5.74, 6) is -0.500. The quantitative estimate of drug-likeness (QED) is 0.519. The molecule has 0 saturated carbocycles. The summed E-state index contributed by atoms with van der Waals surface area (Å²) < 4.78 is 0. The highest BCUT2D eigenvalue weighted by molar-refractivity contribution is 6.43. The molecule has 10 heteroatoms. The number of amides is 1. The van der Waals surface area contributed by atoms with E-state index in [9.17, 15) is 14.9 Å². The van der Waals surface area contributed by atoms with Crippen LogP contribution in [0.1, 0.15) is 10.4 Å². The summed E-state index contributed by atoms with van der Waals surface area (Å²) in [7, 11) is 0. The molecule has 1 amide bonds. The minimum Gasteiger partial charge on any atom is -0.306 e. The fourth-order valence-corrected chi connectivity index (χ4v) is 1.97. The van der Waals surface area contributed by atoms with Crippen molar-refractivity contribution in [2.45, 2.75) is 0 Å². The summed E-state index contributed by atoms with van der Waals surface area (Å²) in [5.41, 5.74) is -0.499. The van der Waals surface area contributed by atoms with E-state index in [-0.39, 0.29) is 26.7 Å². The summed E-state index contributed by atoms with van der Waals surface area (Å²) in [6.07, 6.45) is 1.35. The predicted molar refractivity (Wildman–Crippen MR) is 78.1 cm³/mol. The molecule has 0 aliphatic carbocycles. The van der Waals surface area contributed by atoms with E-state index in [1.54, 1.807) is 0 Å². The van der Waals surface area contributed by atoms with E-state index in [0.29, 0.717) is 0 Å². The lowest BCUT2D eigenvalue weighted by Gasteiger charge is -2.06. The number of halogens is 3. The molecule has 21 heavy (non-hydrogen) atoms. The molecule has 1 heterocycles. The van der Waals surface area contributed by atoms with Crippen molar-refractivity contribution in [2.75, 3.05) is 5.32 Å². The number of rotatable bonds is 3. The second-order valence-electron chi connectivity index (χ2n) is 3.71. The zero-order valence-corrected chi connectivity index (χ0v) is 12.3. The average molecular weight is 348 g/mol. The molecule has 0 saturated heterocycles. The van der Waals surface area contributed by atoms with Crippen LogP contribution in [0.4, 0.5) is 11.5 Å². The van der Waals surface area contributed by atoms with Crippen LogP contribution in [-0.4, -0.2) is 20.8 Å². The first-order chi connectivity index (χ1) is 9.88. The molecule has 0 atom stereocenters. The number of nitrogens with zero attached hydrogens (tertiary/aromatic N) is 3. The van der Waals surface area contributed by atoms with E-state index in [0.717, 1.165) is 6.07 Å². The van der Waals surface area contributed by atoms with Crippen LogP contribution < -0.4 is 5.32 Å². The highest BCUT2D eigenvalue weighted by Crippen LogP contribution is 2.33. The maximum Gasteiger partial charge on any atom is 0.290 e. The molecule has 1 aromatic heterocycles. The number of hydrogen-bond acceptors (Lipinski definition) is 5. The number of carbonyl (C=O) groups is 1. The van der Waals surface area contributed by atoms with E-state index >= 15 is 0 Å². The van der Waals surface area contributed by atoms with Gasteiger partial charge in [0.25, 0.3) is 11.6 Å². The smallest absolute Gasteiger partial charge is 0.290 e. The monoisotopic (exact) mass is 346 g/mol. The molecule has 108 valence electrons. The van der Waals surface area contributed by atoms with Crippen molar-refractivity contribution in [3.8, 4) is 0 Å². The van der Waals surface area contributed by atoms with Gasteiger partial charge in [0.1, 0.15) is 10.8 Å². The molecule has 0 unspecified atom stereocenters. The lowest BCUT2D eigenvalue weighted by atomic mass is 10.2. The van der Waals surface area contributed by atoms with Crippen LogP contribution >= 0.6 is 34.8 Å². The second kappa shape index (κ2) is 6.21. The molecule has 0 aliphatic heterocycles. The van der Waals surface area contributed by atoms with Crippen LogP contribution in [0.25, 0.3) is 0 Å². The maximum atomic E-state index is 12.0. The number of nitro groups is 1. The van der Waals surface area contributed by atoms with Crippen molar-refractivity contribution in [1.82, 2.24) is 9.97 Å². The number of nitrogens with one attached hydrogen (secondary N) is 1. The largest absolute Gasteiger partial charge is 0.306 e. The van der Waals surface area contributed by atoms with Gasteiger partial charge in [-0.2, -0.15) is 0 Å². The molecule has 0 bridgehead atoms. The van der Waals surface area contributed by atoms with Crippen LogP contribution in [-0.2, 0) is 0 Å².